The van der Waals surface area contributed by atoms with E-state index < -0.39 is 28.0 Å². The minimum Gasteiger partial charge on any atom is -0.349 e. The van der Waals surface area contributed by atoms with Crippen molar-refractivity contribution in [3.63, 3.8) is 0 Å². The van der Waals surface area contributed by atoms with Crippen LogP contribution in [0.4, 0.5) is 13.2 Å². The normalized spacial score (nSPS) is 20.4. The molecule has 1 heterocycles. The topological polar surface area (TPSA) is 75.3 Å². The first kappa shape index (κ1) is 21.8. The number of sulfonamides is 1. The van der Waals surface area contributed by atoms with Gasteiger partial charge in [0.2, 0.25) is 10.0 Å². The average Bonchev–Trinajstić information content (AvgIpc) is 3.20. The summed E-state index contributed by atoms with van der Waals surface area (Å²) in [7, 11) is -3.80. The molecule has 5 nitrogen and oxygen atoms in total. The molecule has 0 bridgehead atoms. The molecule has 2 aromatic rings. The molecule has 1 aliphatic carbocycles. The lowest BCUT2D eigenvalue weighted by atomic mass is 9.85. The minimum atomic E-state index is -4.20. The van der Waals surface area contributed by atoms with Crippen LogP contribution in [0.3, 0.4) is 0 Å². The van der Waals surface area contributed by atoms with Gasteiger partial charge in [-0.2, -0.15) is 13.2 Å². The van der Waals surface area contributed by atoms with Crippen molar-refractivity contribution in [2.24, 2.45) is 5.92 Å². The second-order valence-corrected chi connectivity index (χ2v) is 9.79. The van der Waals surface area contributed by atoms with E-state index in [4.69, 9.17) is 0 Å². The summed E-state index contributed by atoms with van der Waals surface area (Å²) >= 11 is 1.43. The van der Waals surface area contributed by atoms with Gasteiger partial charge < -0.3 is 5.32 Å². The van der Waals surface area contributed by atoms with Gasteiger partial charge in [-0.05, 0) is 55.3 Å². The first-order valence-electron chi connectivity index (χ1n) is 9.15. The summed E-state index contributed by atoms with van der Waals surface area (Å²) < 4.78 is 65.7. The van der Waals surface area contributed by atoms with Crippen molar-refractivity contribution in [2.75, 3.05) is 0 Å². The molecule has 10 heteroatoms. The molecule has 0 radical (unpaired) electrons. The number of carbonyl (C=O) groups excluding carboxylic acids is 1. The van der Waals surface area contributed by atoms with Crippen molar-refractivity contribution in [1.29, 1.82) is 0 Å². The highest BCUT2D eigenvalue weighted by atomic mass is 32.2. The SMILES string of the molecule is O=C(NC1CCC(C(F)(F)F)CC1)c1cccc(S(=O)(=O)NCc2cccs2)c1. The first-order chi connectivity index (χ1) is 13.6. The molecule has 1 fully saturated rings. The summed E-state index contributed by atoms with van der Waals surface area (Å²) in [6.45, 7) is 0.152. The Labute approximate surface area is 171 Å². The third-order valence-electron chi connectivity index (χ3n) is 4.95. The van der Waals surface area contributed by atoms with Gasteiger partial charge in [-0.3, -0.25) is 4.79 Å². The highest BCUT2D eigenvalue weighted by Gasteiger charge is 2.41. The molecule has 1 amide bonds. The number of hydrogen-bond donors (Lipinski definition) is 2. The molecule has 1 aliphatic rings. The van der Waals surface area contributed by atoms with Crippen molar-refractivity contribution in [1.82, 2.24) is 10.0 Å². The Balaban J connectivity index is 1.61. The number of hydrogen-bond acceptors (Lipinski definition) is 4. The molecule has 1 saturated carbocycles. The van der Waals surface area contributed by atoms with E-state index in [9.17, 15) is 26.4 Å². The highest BCUT2D eigenvalue weighted by molar-refractivity contribution is 7.89. The molecule has 0 aliphatic heterocycles. The number of nitrogens with one attached hydrogen (secondary N) is 2. The number of halogens is 3. The summed E-state index contributed by atoms with van der Waals surface area (Å²) in [6, 6.07) is 8.89. The lowest BCUT2D eigenvalue weighted by molar-refractivity contribution is -0.182. The van der Waals surface area contributed by atoms with Gasteiger partial charge in [0, 0.05) is 23.0 Å². The molecule has 1 aromatic heterocycles. The van der Waals surface area contributed by atoms with Crippen LogP contribution in [0.2, 0.25) is 0 Å². The Hall–Kier alpha value is -1.91. The molecule has 0 saturated heterocycles. The van der Waals surface area contributed by atoms with Gasteiger partial charge in [0.15, 0.2) is 0 Å². The van der Waals surface area contributed by atoms with E-state index in [2.05, 4.69) is 10.0 Å². The summed E-state index contributed by atoms with van der Waals surface area (Å²) in [5.74, 6) is -1.81. The number of benzene rings is 1. The van der Waals surface area contributed by atoms with Crippen LogP contribution in [0.5, 0.6) is 0 Å². The molecular formula is C19H21F3N2O3S2. The average molecular weight is 447 g/mol. The molecule has 2 N–H and O–H groups in total. The van der Waals surface area contributed by atoms with E-state index in [1.165, 1.54) is 35.6 Å². The fourth-order valence-electron chi connectivity index (χ4n) is 3.30. The summed E-state index contributed by atoms with van der Waals surface area (Å²) in [6.07, 6.45) is -3.74. The summed E-state index contributed by atoms with van der Waals surface area (Å²) in [5.41, 5.74) is 0.155. The highest BCUT2D eigenvalue weighted by Crippen LogP contribution is 2.37. The van der Waals surface area contributed by atoms with Crippen molar-refractivity contribution in [2.45, 2.75) is 49.3 Å². The Kier molecular flexibility index (Phi) is 6.65. The molecule has 0 atom stereocenters. The van der Waals surface area contributed by atoms with Gasteiger partial charge in [-0.15, -0.1) is 11.3 Å². The van der Waals surface area contributed by atoms with E-state index in [0.717, 1.165) is 4.88 Å². The Morgan fingerprint density at radius 3 is 2.45 bits per heavy atom. The third-order valence-corrected chi connectivity index (χ3v) is 7.22. The lowest BCUT2D eigenvalue weighted by Gasteiger charge is -2.30. The summed E-state index contributed by atoms with van der Waals surface area (Å²) in [5, 5.41) is 4.56. The Bertz CT molecular complexity index is 936. The van der Waals surface area contributed by atoms with Crippen molar-refractivity contribution >= 4 is 27.3 Å². The number of thiophene rings is 1. The fraction of sp³-hybridized carbons (Fsp3) is 0.421. The molecule has 0 spiro atoms. The van der Waals surface area contributed by atoms with Crippen LogP contribution < -0.4 is 10.0 Å². The monoisotopic (exact) mass is 446 g/mol. The Morgan fingerprint density at radius 1 is 1.10 bits per heavy atom. The van der Waals surface area contributed by atoms with Gasteiger partial charge in [-0.1, -0.05) is 12.1 Å². The number of amides is 1. The number of alkyl halides is 3. The van der Waals surface area contributed by atoms with Crippen LogP contribution in [0.15, 0.2) is 46.7 Å². The van der Waals surface area contributed by atoms with E-state index in [1.54, 1.807) is 0 Å². The van der Waals surface area contributed by atoms with Crippen LogP contribution >= 0.6 is 11.3 Å². The largest absolute Gasteiger partial charge is 0.391 e. The number of carbonyl (C=O) groups is 1. The molecule has 1 aromatic carbocycles. The van der Waals surface area contributed by atoms with Crippen LogP contribution in [0, 0.1) is 5.92 Å². The standard InChI is InChI=1S/C19H21F3N2O3S2/c20-19(21,22)14-6-8-15(9-7-14)24-18(25)13-3-1-5-17(11-13)29(26,27)23-12-16-4-2-10-28-16/h1-5,10-11,14-15,23H,6-9,12H2,(H,24,25). The van der Waals surface area contributed by atoms with Gasteiger partial charge in [-0.25, -0.2) is 13.1 Å². The zero-order valence-electron chi connectivity index (χ0n) is 15.4. The van der Waals surface area contributed by atoms with Gasteiger partial charge >= 0.3 is 6.18 Å². The minimum absolute atomic E-state index is 0.0183. The van der Waals surface area contributed by atoms with E-state index in [0.29, 0.717) is 0 Å². The van der Waals surface area contributed by atoms with Crippen molar-refractivity contribution in [3.8, 4) is 0 Å². The zero-order valence-corrected chi connectivity index (χ0v) is 17.0. The summed E-state index contributed by atoms with van der Waals surface area (Å²) in [4.78, 5) is 13.3. The maximum atomic E-state index is 12.8. The van der Waals surface area contributed by atoms with Crippen LogP contribution in [0.1, 0.15) is 40.9 Å². The molecule has 158 valence electrons. The molecule has 3 rings (SSSR count). The first-order valence-corrected chi connectivity index (χ1v) is 11.5. The molecule has 0 unspecified atom stereocenters. The van der Waals surface area contributed by atoms with Crippen LogP contribution in [-0.4, -0.2) is 26.5 Å². The smallest absolute Gasteiger partial charge is 0.349 e. The fourth-order valence-corrected chi connectivity index (χ4v) is 5.09. The molecule has 29 heavy (non-hydrogen) atoms. The van der Waals surface area contributed by atoms with Crippen LogP contribution in [0.25, 0.3) is 0 Å². The number of rotatable bonds is 6. The second-order valence-electron chi connectivity index (χ2n) is 7.00. The molecular weight excluding hydrogens is 425 g/mol. The van der Waals surface area contributed by atoms with Crippen molar-refractivity contribution < 1.29 is 26.4 Å². The van der Waals surface area contributed by atoms with Gasteiger partial charge in [0.05, 0.1) is 10.8 Å². The Morgan fingerprint density at radius 2 is 1.83 bits per heavy atom. The maximum absolute atomic E-state index is 12.8. The van der Waals surface area contributed by atoms with E-state index >= 15 is 0 Å². The quantitative estimate of drug-likeness (QED) is 0.702. The maximum Gasteiger partial charge on any atom is 0.391 e. The van der Waals surface area contributed by atoms with Gasteiger partial charge in [0.25, 0.3) is 5.91 Å². The second kappa shape index (κ2) is 8.85. The van der Waals surface area contributed by atoms with Gasteiger partial charge in [0.1, 0.15) is 0 Å². The van der Waals surface area contributed by atoms with Crippen LogP contribution in [-0.2, 0) is 16.6 Å². The lowest BCUT2D eigenvalue weighted by Crippen LogP contribution is -2.40. The third kappa shape index (κ3) is 5.80. The van der Waals surface area contributed by atoms with Crippen molar-refractivity contribution in [3.05, 3.63) is 52.2 Å². The predicted molar refractivity (Wildman–Crippen MR) is 104 cm³/mol. The van der Waals surface area contributed by atoms with E-state index in [-0.39, 0.29) is 48.7 Å². The zero-order chi connectivity index (χ0) is 21.1. The predicted octanol–water partition coefficient (Wildman–Crippen LogP) is 4.08. The van der Waals surface area contributed by atoms with E-state index in [1.807, 2.05) is 17.5 Å².